The highest BCUT2D eigenvalue weighted by Gasteiger charge is 2.31. The number of hydrogen-bond donors (Lipinski definition) is 3. The van der Waals surface area contributed by atoms with Crippen molar-refractivity contribution >= 4 is 40.6 Å². The highest BCUT2D eigenvalue weighted by atomic mass is 19.4. The number of urea groups is 1. The van der Waals surface area contributed by atoms with Crippen molar-refractivity contribution in [3.05, 3.63) is 132 Å². The van der Waals surface area contributed by atoms with Gasteiger partial charge in [-0.25, -0.2) is 14.8 Å². The Morgan fingerprint density at radius 3 is 2.36 bits per heavy atom. The van der Waals surface area contributed by atoms with Crippen LogP contribution in [-0.4, -0.2) is 33.4 Å². The van der Waals surface area contributed by atoms with Crippen molar-refractivity contribution in [3.8, 4) is 0 Å². The molecule has 2 heterocycles. The van der Waals surface area contributed by atoms with E-state index in [1.54, 1.807) is 31.3 Å². The Bertz CT molecular complexity index is 1780. The molecule has 3 amide bonds. The van der Waals surface area contributed by atoms with E-state index in [1.165, 1.54) is 29.4 Å². The van der Waals surface area contributed by atoms with E-state index in [1.807, 2.05) is 48.5 Å². The van der Waals surface area contributed by atoms with Crippen LogP contribution in [0.3, 0.4) is 0 Å². The second kappa shape index (κ2) is 13.7. The van der Waals surface area contributed by atoms with Gasteiger partial charge in [-0.1, -0.05) is 36.4 Å². The van der Waals surface area contributed by atoms with E-state index >= 15 is 0 Å². The predicted octanol–water partition coefficient (Wildman–Crippen LogP) is 7.48. The molecule has 0 fully saturated rings. The fourth-order valence-electron chi connectivity index (χ4n) is 4.38. The number of hydrogen-bond acceptors (Lipinski definition) is 6. The molecule has 0 aliphatic carbocycles. The van der Waals surface area contributed by atoms with Crippen molar-refractivity contribution in [2.24, 2.45) is 0 Å². The zero-order chi connectivity index (χ0) is 31.8. The lowest BCUT2D eigenvalue weighted by molar-refractivity contribution is -0.137. The average Bonchev–Trinajstić information content (AvgIpc) is 3.03. The quantitative estimate of drug-likeness (QED) is 0.159. The lowest BCUT2D eigenvalue weighted by Gasteiger charge is -2.23. The van der Waals surface area contributed by atoms with Crippen LogP contribution >= 0.6 is 0 Å². The van der Waals surface area contributed by atoms with E-state index in [2.05, 4.69) is 30.9 Å². The molecule has 3 aromatic carbocycles. The number of pyridine rings is 1. The molecule has 0 saturated carbocycles. The summed E-state index contributed by atoms with van der Waals surface area (Å²) in [4.78, 5) is 41.0. The summed E-state index contributed by atoms with van der Waals surface area (Å²) in [6, 6.07) is 25.1. The number of nitrogens with zero attached hydrogens (tertiary/aromatic N) is 4. The number of anilines is 5. The lowest BCUT2D eigenvalue weighted by atomic mass is 10.1. The van der Waals surface area contributed by atoms with E-state index < -0.39 is 23.7 Å². The molecule has 3 N–H and O–H groups in total. The van der Waals surface area contributed by atoms with E-state index in [9.17, 15) is 22.8 Å². The van der Waals surface area contributed by atoms with Crippen LogP contribution in [-0.2, 0) is 12.6 Å². The number of benzene rings is 3. The molecule has 9 nitrogen and oxygen atoms in total. The number of aromatic nitrogens is 3. The topological polar surface area (TPSA) is 112 Å². The van der Waals surface area contributed by atoms with E-state index in [0.29, 0.717) is 29.3 Å². The van der Waals surface area contributed by atoms with Gasteiger partial charge in [0.1, 0.15) is 18.0 Å². The molecule has 0 saturated heterocycles. The van der Waals surface area contributed by atoms with Gasteiger partial charge in [-0.2, -0.15) is 13.2 Å². The number of para-hydroxylation sites is 1. The van der Waals surface area contributed by atoms with E-state index in [-0.39, 0.29) is 17.8 Å². The zero-order valence-electron chi connectivity index (χ0n) is 24.0. The monoisotopic (exact) mass is 611 g/mol. The van der Waals surface area contributed by atoms with Gasteiger partial charge >= 0.3 is 12.2 Å². The fourth-order valence-corrected chi connectivity index (χ4v) is 4.38. The first-order valence-corrected chi connectivity index (χ1v) is 13.9. The van der Waals surface area contributed by atoms with Crippen LogP contribution in [0.4, 0.5) is 46.7 Å². The first-order valence-electron chi connectivity index (χ1n) is 13.9. The first-order chi connectivity index (χ1) is 21.7. The Labute approximate surface area is 257 Å². The van der Waals surface area contributed by atoms with Gasteiger partial charge in [-0.3, -0.25) is 14.7 Å². The summed E-state index contributed by atoms with van der Waals surface area (Å²) < 4.78 is 39.4. The molecule has 0 spiro atoms. The van der Waals surface area contributed by atoms with E-state index in [4.69, 9.17) is 0 Å². The minimum absolute atomic E-state index is 0.152. The highest BCUT2D eigenvalue weighted by molar-refractivity contribution is 6.05. The zero-order valence-corrected chi connectivity index (χ0v) is 24.0. The van der Waals surface area contributed by atoms with Crippen LogP contribution in [0.1, 0.15) is 27.2 Å². The molecule has 0 aliphatic heterocycles. The van der Waals surface area contributed by atoms with Gasteiger partial charge in [-0.15, -0.1) is 0 Å². The van der Waals surface area contributed by atoms with Gasteiger partial charge < -0.3 is 16.0 Å². The van der Waals surface area contributed by atoms with Gasteiger partial charge in [0.2, 0.25) is 0 Å². The second-order valence-corrected chi connectivity index (χ2v) is 9.97. The molecule has 0 bridgehead atoms. The normalized spacial score (nSPS) is 11.0. The molecular formula is C33H28F3N7O2. The third-order valence-corrected chi connectivity index (χ3v) is 6.73. The average molecular weight is 612 g/mol. The van der Waals surface area contributed by atoms with Crippen molar-refractivity contribution in [2.75, 3.05) is 27.4 Å². The maximum atomic E-state index is 13.8. The molecule has 5 rings (SSSR count). The SMILES string of the molecule is Cc1ccc(NC(=O)c2cccc(C(F)(F)F)c2)cc1NC(=O)N(CCc1ccccn1)c1cc(Nc2ccccc2)ncn1. The third kappa shape index (κ3) is 8.20. The maximum Gasteiger partial charge on any atom is 0.416 e. The Hall–Kier alpha value is -5.78. The van der Waals surface area contributed by atoms with Crippen molar-refractivity contribution in [2.45, 2.75) is 19.5 Å². The van der Waals surface area contributed by atoms with Crippen molar-refractivity contribution in [3.63, 3.8) is 0 Å². The van der Waals surface area contributed by atoms with Crippen LogP contribution in [0.25, 0.3) is 0 Å². The molecule has 0 radical (unpaired) electrons. The Morgan fingerprint density at radius 2 is 1.60 bits per heavy atom. The van der Waals surface area contributed by atoms with Crippen molar-refractivity contribution in [1.82, 2.24) is 15.0 Å². The molecule has 228 valence electrons. The number of nitrogens with one attached hydrogen (secondary N) is 3. The van der Waals surface area contributed by atoms with Crippen LogP contribution in [0.15, 0.2) is 110 Å². The molecule has 0 atom stereocenters. The predicted molar refractivity (Wildman–Crippen MR) is 167 cm³/mol. The van der Waals surface area contributed by atoms with Crippen LogP contribution < -0.4 is 20.9 Å². The van der Waals surface area contributed by atoms with Gasteiger partial charge in [0.05, 0.1) is 5.56 Å². The standard InChI is InChI=1S/C33H28F3N7O2/c1-22-13-14-27(41-31(44)23-8-7-9-24(18-23)33(34,35)36)19-28(22)42-32(45)43(17-15-25-10-5-6-16-37-25)30-20-29(38-21-39-30)40-26-11-3-2-4-12-26/h2-14,16,18-21H,15,17H2,1H3,(H,41,44)(H,42,45)(H,38,39,40). The summed E-state index contributed by atoms with van der Waals surface area (Å²) in [7, 11) is 0. The van der Waals surface area contributed by atoms with E-state index in [0.717, 1.165) is 23.5 Å². The summed E-state index contributed by atoms with van der Waals surface area (Å²) in [6.07, 6.45) is -1.11. The van der Waals surface area contributed by atoms with Gasteiger partial charge in [-0.05, 0) is 67.1 Å². The van der Waals surface area contributed by atoms with Gasteiger partial charge in [0.15, 0.2) is 0 Å². The molecule has 0 aliphatic rings. The molecule has 0 unspecified atom stereocenters. The number of aryl methyl sites for hydroxylation is 1. The summed E-state index contributed by atoms with van der Waals surface area (Å²) in [5.41, 5.74) is 1.88. The minimum atomic E-state index is -4.58. The molecule has 12 heteroatoms. The highest BCUT2D eigenvalue weighted by Crippen LogP contribution is 2.30. The lowest BCUT2D eigenvalue weighted by Crippen LogP contribution is -2.37. The molecule has 45 heavy (non-hydrogen) atoms. The van der Waals surface area contributed by atoms with Crippen molar-refractivity contribution < 1.29 is 22.8 Å². The Morgan fingerprint density at radius 1 is 0.800 bits per heavy atom. The number of carbonyl (C=O) groups is 2. The largest absolute Gasteiger partial charge is 0.416 e. The molecule has 5 aromatic rings. The Kier molecular flexibility index (Phi) is 9.32. The third-order valence-electron chi connectivity index (χ3n) is 6.73. The maximum absolute atomic E-state index is 13.8. The first kappa shape index (κ1) is 30.7. The molecule has 2 aromatic heterocycles. The number of rotatable bonds is 9. The fraction of sp³-hybridized carbons (Fsp3) is 0.121. The number of amides is 3. The van der Waals surface area contributed by atoms with Crippen molar-refractivity contribution in [1.29, 1.82) is 0 Å². The number of carbonyl (C=O) groups excluding carboxylic acids is 2. The minimum Gasteiger partial charge on any atom is -0.340 e. The summed E-state index contributed by atoms with van der Waals surface area (Å²) in [6.45, 7) is 2.01. The Balaban J connectivity index is 1.37. The van der Waals surface area contributed by atoms with Gasteiger partial charge in [0.25, 0.3) is 5.91 Å². The number of alkyl halides is 3. The summed E-state index contributed by atoms with van der Waals surface area (Å²) in [5, 5.41) is 8.69. The molecular weight excluding hydrogens is 583 g/mol. The van der Waals surface area contributed by atoms with Gasteiger partial charge in [0, 0.05) is 53.5 Å². The smallest absolute Gasteiger partial charge is 0.340 e. The van der Waals surface area contributed by atoms with Crippen LogP contribution in [0.5, 0.6) is 0 Å². The number of halogens is 3. The second-order valence-electron chi connectivity index (χ2n) is 9.97. The summed E-state index contributed by atoms with van der Waals surface area (Å²) in [5.74, 6) is 0.0967. The van der Waals surface area contributed by atoms with Crippen LogP contribution in [0, 0.1) is 6.92 Å². The van der Waals surface area contributed by atoms with Crippen LogP contribution in [0.2, 0.25) is 0 Å². The summed E-state index contributed by atoms with van der Waals surface area (Å²) >= 11 is 0.